The van der Waals surface area contributed by atoms with Crippen molar-refractivity contribution in [1.29, 1.82) is 0 Å². The Morgan fingerprint density at radius 3 is 2.63 bits per heavy atom. The maximum Gasteiger partial charge on any atom is 0.191 e. The Morgan fingerprint density at radius 2 is 1.89 bits per heavy atom. The van der Waals surface area contributed by atoms with E-state index in [0.29, 0.717) is 6.54 Å². The Hall–Kier alpha value is -1.99. The van der Waals surface area contributed by atoms with Crippen LogP contribution in [-0.4, -0.2) is 83.3 Å². The lowest BCUT2D eigenvalue weighted by atomic mass is 10.2. The molecule has 0 aromatic heterocycles. The number of nitrogens with zero attached hydrogens (tertiary/aromatic N) is 3. The first-order chi connectivity index (χ1) is 13.2. The Labute approximate surface area is 163 Å². The fourth-order valence-electron chi connectivity index (χ4n) is 3.23. The molecule has 0 spiro atoms. The molecule has 27 heavy (non-hydrogen) atoms. The summed E-state index contributed by atoms with van der Waals surface area (Å²) in [5.74, 6) is 2.30. The quantitative estimate of drug-likeness (QED) is 0.406. The number of methoxy groups -OCH3 is 2. The average Bonchev–Trinajstić information content (AvgIpc) is 2.91. The molecule has 0 aliphatic carbocycles. The van der Waals surface area contributed by atoms with Crippen molar-refractivity contribution >= 4 is 5.96 Å². The Bertz CT molecular complexity index is 594. The highest BCUT2D eigenvalue weighted by Gasteiger charge is 2.11. The minimum absolute atomic E-state index is 0.679. The predicted octanol–water partition coefficient (Wildman–Crippen LogP) is 1.40. The van der Waals surface area contributed by atoms with Crippen molar-refractivity contribution in [3.05, 3.63) is 23.8 Å². The van der Waals surface area contributed by atoms with E-state index >= 15 is 0 Å². The molecule has 0 atom stereocenters. The van der Waals surface area contributed by atoms with Crippen LogP contribution in [0.25, 0.3) is 0 Å². The smallest absolute Gasteiger partial charge is 0.191 e. The number of rotatable bonds is 8. The van der Waals surface area contributed by atoms with Crippen molar-refractivity contribution in [3.8, 4) is 11.5 Å². The van der Waals surface area contributed by atoms with Gasteiger partial charge in [0, 0.05) is 33.2 Å². The van der Waals surface area contributed by atoms with Crippen LogP contribution < -0.4 is 20.1 Å². The molecular formula is C20H35N5O2. The number of nitrogens with one attached hydrogen (secondary N) is 2. The lowest BCUT2D eigenvalue weighted by molar-refractivity contribution is 0.274. The molecular weight excluding hydrogens is 342 g/mol. The summed E-state index contributed by atoms with van der Waals surface area (Å²) in [5.41, 5.74) is 1.12. The van der Waals surface area contributed by atoms with Crippen LogP contribution >= 0.6 is 0 Å². The van der Waals surface area contributed by atoms with E-state index in [2.05, 4.69) is 32.5 Å². The molecule has 7 nitrogen and oxygen atoms in total. The highest BCUT2D eigenvalue weighted by molar-refractivity contribution is 5.79. The molecule has 1 aliphatic rings. The molecule has 1 aromatic rings. The summed E-state index contributed by atoms with van der Waals surface area (Å²) in [4.78, 5) is 9.28. The molecule has 2 N–H and O–H groups in total. The Kier molecular flexibility index (Phi) is 9.21. The van der Waals surface area contributed by atoms with Gasteiger partial charge < -0.3 is 29.9 Å². The maximum atomic E-state index is 5.36. The lowest BCUT2D eigenvalue weighted by Crippen LogP contribution is -2.38. The molecule has 0 saturated carbocycles. The van der Waals surface area contributed by atoms with Gasteiger partial charge in [0.2, 0.25) is 0 Å². The van der Waals surface area contributed by atoms with Gasteiger partial charge in [-0.1, -0.05) is 6.07 Å². The second-order valence-corrected chi connectivity index (χ2v) is 6.89. The molecule has 1 heterocycles. The zero-order chi connectivity index (χ0) is 19.5. The zero-order valence-corrected chi connectivity index (χ0v) is 17.3. The van der Waals surface area contributed by atoms with E-state index in [9.17, 15) is 0 Å². The van der Waals surface area contributed by atoms with Crippen LogP contribution in [0.15, 0.2) is 23.2 Å². The van der Waals surface area contributed by atoms with E-state index in [1.807, 2.05) is 18.2 Å². The molecule has 152 valence electrons. The van der Waals surface area contributed by atoms with Crippen LogP contribution in [-0.2, 0) is 6.54 Å². The first-order valence-electron chi connectivity index (χ1n) is 9.72. The van der Waals surface area contributed by atoms with Crippen LogP contribution in [0, 0.1) is 0 Å². The molecule has 0 radical (unpaired) electrons. The van der Waals surface area contributed by atoms with Crippen LogP contribution in [0.3, 0.4) is 0 Å². The van der Waals surface area contributed by atoms with E-state index in [1.54, 1.807) is 21.3 Å². The number of likely N-dealkylation sites (N-methyl/N-ethyl adjacent to an activating group) is 1. The minimum Gasteiger partial charge on any atom is -0.493 e. The minimum atomic E-state index is 0.679. The van der Waals surface area contributed by atoms with Crippen LogP contribution in [0.5, 0.6) is 11.5 Å². The van der Waals surface area contributed by atoms with Crippen LogP contribution in [0.4, 0.5) is 0 Å². The van der Waals surface area contributed by atoms with E-state index in [0.717, 1.165) is 42.5 Å². The van der Waals surface area contributed by atoms with Crippen LogP contribution in [0.1, 0.15) is 18.4 Å². The average molecular weight is 378 g/mol. The van der Waals surface area contributed by atoms with Crippen molar-refractivity contribution < 1.29 is 9.47 Å². The molecule has 7 heteroatoms. The number of hydrogen-bond acceptors (Lipinski definition) is 5. The molecule has 0 unspecified atom stereocenters. The molecule has 1 saturated heterocycles. The van der Waals surface area contributed by atoms with Crippen molar-refractivity contribution in [1.82, 2.24) is 20.4 Å². The third-order valence-electron chi connectivity index (χ3n) is 4.89. The van der Waals surface area contributed by atoms with Crippen molar-refractivity contribution in [2.75, 3.05) is 67.6 Å². The standard InChI is InChI=1S/C20H35N5O2/c1-21-20(22-9-5-11-25-12-6-10-24(2)13-14-25)23-16-17-7-8-18(26-3)19(15-17)27-4/h7-8,15H,5-6,9-14,16H2,1-4H3,(H2,21,22,23). The Morgan fingerprint density at radius 1 is 1.07 bits per heavy atom. The number of ether oxygens (including phenoxy) is 2. The van der Waals surface area contributed by atoms with Gasteiger partial charge in [-0.3, -0.25) is 4.99 Å². The first-order valence-corrected chi connectivity index (χ1v) is 9.72. The van der Waals surface area contributed by atoms with Gasteiger partial charge in [-0.2, -0.15) is 0 Å². The Balaban J connectivity index is 1.70. The van der Waals surface area contributed by atoms with Gasteiger partial charge in [0.05, 0.1) is 14.2 Å². The highest BCUT2D eigenvalue weighted by atomic mass is 16.5. The van der Waals surface area contributed by atoms with Gasteiger partial charge >= 0.3 is 0 Å². The van der Waals surface area contributed by atoms with E-state index in [4.69, 9.17) is 9.47 Å². The summed E-state index contributed by atoms with van der Waals surface area (Å²) in [7, 11) is 7.30. The van der Waals surface area contributed by atoms with Gasteiger partial charge in [-0.25, -0.2) is 0 Å². The number of hydrogen-bond donors (Lipinski definition) is 2. The van der Waals surface area contributed by atoms with E-state index < -0.39 is 0 Å². The second-order valence-electron chi connectivity index (χ2n) is 6.89. The van der Waals surface area contributed by atoms with Gasteiger partial charge in [0.1, 0.15) is 0 Å². The van der Waals surface area contributed by atoms with Gasteiger partial charge in [-0.05, 0) is 57.2 Å². The summed E-state index contributed by atoms with van der Waals surface area (Å²) in [5, 5.41) is 6.75. The summed E-state index contributed by atoms with van der Waals surface area (Å²) in [6, 6.07) is 5.93. The van der Waals surface area contributed by atoms with Gasteiger partial charge in [0.25, 0.3) is 0 Å². The topological polar surface area (TPSA) is 61.4 Å². The third kappa shape index (κ3) is 7.27. The molecule has 1 aliphatic heterocycles. The summed E-state index contributed by atoms with van der Waals surface area (Å²) < 4.78 is 10.6. The fourth-order valence-corrected chi connectivity index (χ4v) is 3.23. The van der Waals surface area contributed by atoms with E-state index in [1.165, 1.54) is 32.6 Å². The monoisotopic (exact) mass is 377 g/mol. The molecule has 1 fully saturated rings. The number of aliphatic imine (C=N–C) groups is 1. The lowest BCUT2D eigenvalue weighted by Gasteiger charge is -2.20. The van der Waals surface area contributed by atoms with Crippen molar-refractivity contribution in [2.24, 2.45) is 4.99 Å². The largest absolute Gasteiger partial charge is 0.493 e. The highest BCUT2D eigenvalue weighted by Crippen LogP contribution is 2.27. The second kappa shape index (κ2) is 11.7. The molecule has 1 aromatic carbocycles. The molecule has 0 bridgehead atoms. The maximum absolute atomic E-state index is 5.36. The number of guanidine groups is 1. The molecule has 2 rings (SSSR count). The van der Waals surface area contributed by atoms with Crippen molar-refractivity contribution in [3.63, 3.8) is 0 Å². The summed E-state index contributed by atoms with van der Waals surface area (Å²) >= 11 is 0. The van der Waals surface area contributed by atoms with Crippen molar-refractivity contribution in [2.45, 2.75) is 19.4 Å². The third-order valence-corrected chi connectivity index (χ3v) is 4.89. The van der Waals surface area contributed by atoms with Gasteiger partial charge in [0.15, 0.2) is 17.5 Å². The van der Waals surface area contributed by atoms with Gasteiger partial charge in [-0.15, -0.1) is 0 Å². The summed E-state index contributed by atoms with van der Waals surface area (Å²) in [6.45, 7) is 7.48. The summed E-state index contributed by atoms with van der Waals surface area (Å²) in [6.07, 6.45) is 2.37. The predicted molar refractivity (Wildman–Crippen MR) is 111 cm³/mol. The van der Waals surface area contributed by atoms with E-state index in [-0.39, 0.29) is 0 Å². The number of benzene rings is 1. The normalized spacial score (nSPS) is 16.7. The molecule has 0 amide bonds. The first kappa shape index (κ1) is 21.3. The fraction of sp³-hybridized carbons (Fsp3) is 0.650. The zero-order valence-electron chi connectivity index (χ0n) is 17.3. The SMILES string of the molecule is CN=C(NCCCN1CCCN(C)CC1)NCc1ccc(OC)c(OC)c1. The van der Waals surface area contributed by atoms with Crippen LogP contribution in [0.2, 0.25) is 0 Å².